The lowest BCUT2D eigenvalue weighted by atomic mass is 9.87. The van der Waals surface area contributed by atoms with E-state index in [0.29, 0.717) is 5.92 Å². The van der Waals surface area contributed by atoms with E-state index in [9.17, 15) is 0 Å². The molecular formula is C54H36N2S. The quantitative estimate of drug-likeness (QED) is 0.166. The zero-order valence-electron chi connectivity index (χ0n) is 31.1. The molecule has 0 fully saturated rings. The molecule has 0 aliphatic heterocycles. The highest BCUT2D eigenvalue weighted by Crippen LogP contribution is 2.44. The SMILES string of the molecule is C1=CC(c2cc(-n3c4ccccc4c4ccc(-c5ccc6c7ccccc7n(-c7ccccc7)c6c5)cc43)cc3c2sc2ccccc23)=CC(c2ccccc2)C1. The van der Waals surface area contributed by atoms with Gasteiger partial charge in [0.1, 0.15) is 0 Å². The molecule has 11 aromatic rings. The predicted molar refractivity (Wildman–Crippen MR) is 244 cm³/mol. The van der Waals surface area contributed by atoms with Gasteiger partial charge in [-0.3, -0.25) is 0 Å². The van der Waals surface area contributed by atoms with E-state index < -0.39 is 0 Å². The zero-order valence-corrected chi connectivity index (χ0v) is 32.0. The molecule has 0 radical (unpaired) electrons. The Hall–Kier alpha value is -6.94. The van der Waals surface area contributed by atoms with Crippen LogP contribution in [0.15, 0.2) is 200 Å². The lowest BCUT2D eigenvalue weighted by Gasteiger charge is -2.19. The number of aromatic nitrogens is 2. The molecule has 0 saturated carbocycles. The fourth-order valence-electron chi connectivity index (χ4n) is 9.38. The Bertz CT molecular complexity index is 3430. The Kier molecular flexibility index (Phi) is 7.26. The number of benzene rings is 8. The van der Waals surface area contributed by atoms with Gasteiger partial charge < -0.3 is 9.13 Å². The third-order valence-corrected chi connectivity index (χ3v) is 13.2. The molecule has 12 rings (SSSR count). The normalized spacial score (nSPS) is 14.5. The van der Waals surface area contributed by atoms with Crippen molar-refractivity contribution in [1.82, 2.24) is 9.13 Å². The molecule has 1 atom stereocenters. The second-order valence-electron chi connectivity index (χ2n) is 15.3. The smallest absolute Gasteiger partial charge is 0.0547 e. The van der Waals surface area contributed by atoms with E-state index in [0.717, 1.165) is 6.42 Å². The van der Waals surface area contributed by atoms with E-state index in [2.05, 4.69) is 209 Å². The van der Waals surface area contributed by atoms with Crippen molar-refractivity contribution in [3.05, 3.63) is 211 Å². The van der Waals surface area contributed by atoms with E-state index >= 15 is 0 Å². The lowest BCUT2D eigenvalue weighted by Crippen LogP contribution is -2.00. The van der Waals surface area contributed by atoms with Crippen LogP contribution in [0.4, 0.5) is 0 Å². The third-order valence-electron chi connectivity index (χ3n) is 12.0. The summed E-state index contributed by atoms with van der Waals surface area (Å²) in [5, 5.41) is 7.66. The molecule has 0 bridgehead atoms. The van der Waals surface area contributed by atoms with Gasteiger partial charge in [-0.1, -0.05) is 146 Å². The van der Waals surface area contributed by atoms with Crippen LogP contribution in [-0.4, -0.2) is 9.13 Å². The van der Waals surface area contributed by atoms with Crippen molar-refractivity contribution >= 4 is 80.7 Å². The van der Waals surface area contributed by atoms with Crippen LogP contribution in [0, 0.1) is 0 Å². The summed E-state index contributed by atoms with van der Waals surface area (Å²) in [5.41, 5.74) is 13.5. The summed E-state index contributed by atoms with van der Waals surface area (Å²) >= 11 is 1.91. The van der Waals surface area contributed by atoms with Gasteiger partial charge in [-0.15, -0.1) is 11.3 Å². The number of fused-ring (bicyclic) bond motifs is 9. The maximum atomic E-state index is 2.50. The van der Waals surface area contributed by atoms with Crippen LogP contribution >= 0.6 is 11.3 Å². The van der Waals surface area contributed by atoms with Gasteiger partial charge in [0.15, 0.2) is 0 Å². The van der Waals surface area contributed by atoms with Gasteiger partial charge in [-0.05, 0) is 83.3 Å². The summed E-state index contributed by atoms with van der Waals surface area (Å²) in [4.78, 5) is 0. The van der Waals surface area contributed by atoms with Crippen molar-refractivity contribution in [2.24, 2.45) is 0 Å². The van der Waals surface area contributed by atoms with Crippen molar-refractivity contribution in [1.29, 1.82) is 0 Å². The molecule has 3 aromatic heterocycles. The van der Waals surface area contributed by atoms with Crippen LogP contribution in [0.2, 0.25) is 0 Å². The number of thiophene rings is 1. The summed E-state index contributed by atoms with van der Waals surface area (Å²) in [7, 11) is 0. The molecule has 0 spiro atoms. The first kappa shape index (κ1) is 32.3. The monoisotopic (exact) mass is 744 g/mol. The Morgan fingerprint density at radius 2 is 1.00 bits per heavy atom. The molecule has 1 unspecified atom stereocenters. The van der Waals surface area contributed by atoms with E-state index in [1.165, 1.54) is 103 Å². The number of nitrogens with zero attached hydrogens (tertiary/aromatic N) is 2. The molecule has 8 aromatic carbocycles. The van der Waals surface area contributed by atoms with Crippen molar-refractivity contribution in [2.45, 2.75) is 12.3 Å². The molecule has 0 N–H and O–H groups in total. The highest BCUT2D eigenvalue weighted by atomic mass is 32.1. The fraction of sp³-hybridized carbons (Fsp3) is 0.0370. The Balaban J connectivity index is 1.09. The Morgan fingerprint density at radius 1 is 0.439 bits per heavy atom. The van der Waals surface area contributed by atoms with Crippen LogP contribution in [0.3, 0.4) is 0 Å². The van der Waals surface area contributed by atoms with Crippen LogP contribution < -0.4 is 0 Å². The highest BCUT2D eigenvalue weighted by molar-refractivity contribution is 7.26. The highest BCUT2D eigenvalue weighted by Gasteiger charge is 2.21. The van der Waals surface area contributed by atoms with Gasteiger partial charge in [-0.25, -0.2) is 0 Å². The summed E-state index contributed by atoms with van der Waals surface area (Å²) in [6.07, 6.45) is 8.21. The van der Waals surface area contributed by atoms with Crippen LogP contribution in [-0.2, 0) is 0 Å². The minimum Gasteiger partial charge on any atom is -0.309 e. The minimum atomic E-state index is 0.341. The zero-order chi connectivity index (χ0) is 37.5. The van der Waals surface area contributed by atoms with Gasteiger partial charge in [-0.2, -0.15) is 0 Å². The Labute approximate surface area is 334 Å². The largest absolute Gasteiger partial charge is 0.309 e. The van der Waals surface area contributed by atoms with Crippen LogP contribution in [0.25, 0.3) is 91.9 Å². The van der Waals surface area contributed by atoms with E-state index in [-0.39, 0.29) is 0 Å². The first-order valence-corrected chi connectivity index (χ1v) is 20.6. The Morgan fingerprint density at radius 3 is 1.68 bits per heavy atom. The molecule has 268 valence electrons. The molecule has 0 amide bonds. The molecule has 2 nitrogen and oxygen atoms in total. The molecular weight excluding hydrogens is 709 g/mol. The second kappa shape index (κ2) is 12.8. The summed E-state index contributed by atoms with van der Waals surface area (Å²) < 4.78 is 7.57. The van der Waals surface area contributed by atoms with E-state index in [1.54, 1.807) is 0 Å². The minimum absolute atomic E-state index is 0.341. The van der Waals surface area contributed by atoms with Crippen molar-refractivity contribution < 1.29 is 0 Å². The predicted octanol–water partition coefficient (Wildman–Crippen LogP) is 15.0. The van der Waals surface area contributed by atoms with E-state index in [4.69, 9.17) is 0 Å². The molecule has 3 heteroatoms. The maximum Gasteiger partial charge on any atom is 0.0547 e. The van der Waals surface area contributed by atoms with Crippen LogP contribution in [0.5, 0.6) is 0 Å². The first-order chi connectivity index (χ1) is 28.3. The van der Waals surface area contributed by atoms with E-state index in [1.807, 2.05) is 11.3 Å². The number of allylic oxidation sites excluding steroid dienone is 4. The molecule has 57 heavy (non-hydrogen) atoms. The van der Waals surface area contributed by atoms with Crippen molar-refractivity contribution in [3.8, 4) is 22.5 Å². The van der Waals surface area contributed by atoms with Crippen molar-refractivity contribution in [2.75, 3.05) is 0 Å². The van der Waals surface area contributed by atoms with Gasteiger partial charge >= 0.3 is 0 Å². The summed E-state index contributed by atoms with van der Waals surface area (Å²) in [6, 6.07) is 67.1. The molecule has 1 aliphatic carbocycles. The van der Waals surface area contributed by atoms with Gasteiger partial charge in [0, 0.05) is 64.6 Å². The van der Waals surface area contributed by atoms with Gasteiger partial charge in [0.2, 0.25) is 0 Å². The molecule has 1 aliphatic rings. The van der Waals surface area contributed by atoms with Crippen LogP contribution in [0.1, 0.15) is 23.5 Å². The summed E-state index contributed by atoms with van der Waals surface area (Å²) in [5.74, 6) is 0.341. The number of rotatable bonds is 5. The first-order valence-electron chi connectivity index (χ1n) is 19.8. The fourth-order valence-corrected chi connectivity index (χ4v) is 10.6. The molecule has 3 heterocycles. The maximum absolute atomic E-state index is 2.50. The van der Waals surface area contributed by atoms with Gasteiger partial charge in [0.25, 0.3) is 0 Å². The summed E-state index contributed by atoms with van der Waals surface area (Å²) in [6.45, 7) is 0. The average Bonchev–Trinajstić information content (AvgIpc) is 3.94. The average molecular weight is 745 g/mol. The van der Waals surface area contributed by atoms with Gasteiger partial charge in [0.05, 0.1) is 22.1 Å². The number of hydrogen-bond acceptors (Lipinski definition) is 1. The second-order valence-corrected chi connectivity index (χ2v) is 16.3. The lowest BCUT2D eigenvalue weighted by molar-refractivity contribution is 0.857. The number of hydrogen-bond donors (Lipinski definition) is 0. The van der Waals surface area contributed by atoms with Crippen molar-refractivity contribution in [3.63, 3.8) is 0 Å². The topological polar surface area (TPSA) is 9.86 Å². The number of para-hydroxylation sites is 3. The molecule has 0 saturated heterocycles. The third kappa shape index (κ3) is 5.09. The standard InChI is InChI=1S/C54H36N2S/c1-3-14-35(15-4-1)36-16-13-17-39(30-36)47-33-41(34-48-46-22-9-12-25-53(46)57-54(47)48)56-50-24-11-8-21-43(50)45-29-27-38(32-52(45)56)37-26-28-44-42-20-7-10-23-49(42)55(51(44)31-37)40-18-5-2-6-19-40/h1-15,17-34,36H,16H2.